The number of ether oxygens (including phenoxy) is 2. The van der Waals surface area contributed by atoms with Crippen LogP contribution in [0.2, 0.25) is 0 Å². The number of carbonyl (C=O) groups is 1. The van der Waals surface area contributed by atoms with E-state index in [-0.39, 0.29) is 5.91 Å². The highest BCUT2D eigenvalue weighted by Gasteiger charge is 2.07. The Bertz CT molecular complexity index is 644. The fourth-order valence-electron chi connectivity index (χ4n) is 2.21. The van der Waals surface area contributed by atoms with E-state index in [1.165, 1.54) is 0 Å². The molecule has 5 nitrogen and oxygen atoms in total. The van der Waals surface area contributed by atoms with Gasteiger partial charge in [-0.1, -0.05) is 25.5 Å². The molecular weight excluding hydrogens is 304 g/mol. The van der Waals surface area contributed by atoms with Gasteiger partial charge in [-0.15, -0.1) is 0 Å². The standard InChI is InChI=1S/C19H24N2O3/c1-3-4-7-19(22)21-13-15-8-9-17(18(11-15)23-2)24-14-16-6-5-10-20-12-16/h5-6,8-12H,3-4,7,13-14H2,1-2H3,(H,21,22). The van der Waals surface area contributed by atoms with Crippen molar-refractivity contribution in [2.45, 2.75) is 39.3 Å². The highest BCUT2D eigenvalue weighted by molar-refractivity contribution is 5.75. The summed E-state index contributed by atoms with van der Waals surface area (Å²) in [5.74, 6) is 1.40. The molecular formula is C19H24N2O3. The van der Waals surface area contributed by atoms with E-state index in [9.17, 15) is 4.79 Å². The number of unbranched alkanes of at least 4 members (excludes halogenated alkanes) is 1. The van der Waals surface area contributed by atoms with Crippen molar-refractivity contribution in [1.29, 1.82) is 0 Å². The van der Waals surface area contributed by atoms with Gasteiger partial charge in [0.05, 0.1) is 7.11 Å². The third-order valence-corrected chi connectivity index (χ3v) is 3.59. The van der Waals surface area contributed by atoms with Gasteiger partial charge in [-0.2, -0.15) is 0 Å². The first-order valence-corrected chi connectivity index (χ1v) is 8.18. The molecule has 1 heterocycles. The summed E-state index contributed by atoms with van der Waals surface area (Å²) in [7, 11) is 1.61. The number of benzene rings is 1. The molecule has 0 aliphatic carbocycles. The van der Waals surface area contributed by atoms with E-state index in [0.29, 0.717) is 31.1 Å². The van der Waals surface area contributed by atoms with Gasteiger partial charge in [-0.05, 0) is 30.2 Å². The first-order valence-electron chi connectivity index (χ1n) is 8.18. The molecule has 0 aliphatic rings. The van der Waals surface area contributed by atoms with E-state index in [1.807, 2.05) is 30.3 Å². The number of aromatic nitrogens is 1. The van der Waals surface area contributed by atoms with E-state index in [2.05, 4.69) is 17.2 Å². The predicted molar refractivity (Wildman–Crippen MR) is 92.9 cm³/mol. The zero-order valence-electron chi connectivity index (χ0n) is 14.2. The second kappa shape index (κ2) is 9.55. The first-order chi connectivity index (χ1) is 11.7. The van der Waals surface area contributed by atoms with Crippen molar-refractivity contribution in [3.63, 3.8) is 0 Å². The Morgan fingerprint density at radius 3 is 2.79 bits per heavy atom. The molecule has 0 atom stereocenters. The van der Waals surface area contributed by atoms with E-state index in [1.54, 1.807) is 19.5 Å². The lowest BCUT2D eigenvalue weighted by Gasteiger charge is -2.12. The van der Waals surface area contributed by atoms with Crippen molar-refractivity contribution in [1.82, 2.24) is 10.3 Å². The molecule has 0 spiro atoms. The van der Waals surface area contributed by atoms with Crippen molar-refractivity contribution < 1.29 is 14.3 Å². The topological polar surface area (TPSA) is 60.5 Å². The quantitative estimate of drug-likeness (QED) is 0.765. The fourth-order valence-corrected chi connectivity index (χ4v) is 2.21. The number of nitrogens with one attached hydrogen (secondary N) is 1. The van der Waals surface area contributed by atoms with E-state index < -0.39 is 0 Å². The van der Waals surface area contributed by atoms with Gasteiger partial charge in [-0.25, -0.2) is 0 Å². The number of methoxy groups -OCH3 is 1. The number of nitrogens with zero attached hydrogens (tertiary/aromatic N) is 1. The van der Waals surface area contributed by atoms with Gasteiger partial charge in [0, 0.05) is 30.9 Å². The van der Waals surface area contributed by atoms with Gasteiger partial charge in [-0.3, -0.25) is 9.78 Å². The van der Waals surface area contributed by atoms with Crippen molar-refractivity contribution in [2.75, 3.05) is 7.11 Å². The fraction of sp³-hybridized carbons (Fsp3) is 0.368. The summed E-state index contributed by atoms with van der Waals surface area (Å²) < 4.78 is 11.2. The van der Waals surface area contributed by atoms with E-state index >= 15 is 0 Å². The summed E-state index contributed by atoms with van der Waals surface area (Å²) in [6.45, 7) is 2.99. The van der Waals surface area contributed by atoms with Crippen LogP contribution in [0, 0.1) is 0 Å². The molecule has 0 saturated carbocycles. The largest absolute Gasteiger partial charge is 0.493 e. The minimum absolute atomic E-state index is 0.0766. The van der Waals surface area contributed by atoms with Gasteiger partial charge >= 0.3 is 0 Å². The van der Waals surface area contributed by atoms with Gasteiger partial charge in [0.25, 0.3) is 0 Å². The lowest BCUT2D eigenvalue weighted by molar-refractivity contribution is -0.121. The molecule has 1 aromatic heterocycles. The third-order valence-electron chi connectivity index (χ3n) is 3.59. The second-order valence-electron chi connectivity index (χ2n) is 5.52. The SMILES string of the molecule is CCCCC(=O)NCc1ccc(OCc2cccnc2)c(OC)c1. The average molecular weight is 328 g/mol. The molecule has 0 radical (unpaired) electrons. The molecule has 0 aliphatic heterocycles. The van der Waals surface area contributed by atoms with Gasteiger partial charge < -0.3 is 14.8 Å². The van der Waals surface area contributed by atoms with Crippen molar-refractivity contribution in [3.8, 4) is 11.5 Å². The van der Waals surface area contributed by atoms with Crippen molar-refractivity contribution in [2.24, 2.45) is 0 Å². The van der Waals surface area contributed by atoms with Crippen LogP contribution < -0.4 is 14.8 Å². The molecule has 1 N–H and O–H groups in total. The van der Waals surface area contributed by atoms with Crippen LogP contribution in [0.3, 0.4) is 0 Å². The van der Waals surface area contributed by atoms with Gasteiger partial charge in [0.1, 0.15) is 6.61 Å². The lowest BCUT2D eigenvalue weighted by Crippen LogP contribution is -2.22. The molecule has 2 rings (SSSR count). The maximum Gasteiger partial charge on any atom is 0.220 e. The number of hydrogen-bond donors (Lipinski definition) is 1. The average Bonchev–Trinajstić information content (AvgIpc) is 2.64. The molecule has 1 amide bonds. The van der Waals surface area contributed by atoms with Crippen LogP contribution >= 0.6 is 0 Å². The summed E-state index contributed by atoms with van der Waals surface area (Å²) in [6, 6.07) is 9.52. The highest BCUT2D eigenvalue weighted by Crippen LogP contribution is 2.28. The lowest BCUT2D eigenvalue weighted by atomic mass is 10.2. The Morgan fingerprint density at radius 2 is 2.08 bits per heavy atom. The number of carbonyl (C=O) groups excluding carboxylic acids is 1. The molecule has 0 saturated heterocycles. The van der Waals surface area contributed by atoms with Crippen LogP contribution in [0.5, 0.6) is 11.5 Å². The molecule has 24 heavy (non-hydrogen) atoms. The predicted octanol–water partition coefficient (Wildman–Crippen LogP) is 3.48. The summed E-state index contributed by atoms with van der Waals surface area (Å²) in [4.78, 5) is 15.7. The molecule has 0 bridgehead atoms. The number of hydrogen-bond acceptors (Lipinski definition) is 4. The molecule has 0 fully saturated rings. The molecule has 128 valence electrons. The van der Waals surface area contributed by atoms with Crippen LogP contribution in [0.25, 0.3) is 0 Å². The molecule has 5 heteroatoms. The minimum atomic E-state index is 0.0766. The maximum absolute atomic E-state index is 11.7. The zero-order valence-corrected chi connectivity index (χ0v) is 14.2. The van der Waals surface area contributed by atoms with Crippen molar-refractivity contribution >= 4 is 5.91 Å². The Balaban J connectivity index is 1.93. The molecule has 0 unspecified atom stereocenters. The Kier molecular flexibility index (Phi) is 7.08. The van der Waals surface area contributed by atoms with Crippen LogP contribution in [-0.2, 0) is 17.9 Å². The summed E-state index contributed by atoms with van der Waals surface area (Å²) >= 11 is 0. The number of amides is 1. The first kappa shape index (κ1) is 17.8. The summed E-state index contributed by atoms with van der Waals surface area (Å²) in [5.41, 5.74) is 1.97. The van der Waals surface area contributed by atoms with Gasteiger partial charge in [0.15, 0.2) is 11.5 Å². The van der Waals surface area contributed by atoms with Gasteiger partial charge in [0.2, 0.25) is 5.91 Å². The maximum atomic E-state index is 11.7. The van der Waals surface area contributed by atoms with E-state index in [4.69, 9.17) is 9.47 Å². The highest BCUT2D eigenvalue weighted by atomic mass is 16.5. The molecule has 1 aromatic carbocycles. The second-order valence-corrected chi connectivity index (χ2v) is 5.52. The van der Waals surface area contributed by atoms with E-state index in [0.717, 1.165) is 24.0 Å². The third kappa shape index (κ3) is 5.57. The smallest absolute Gasteiger partial charge is 0.220 e. The van der Waals surface area contributed by atoms with Crippen molar-refractivity contribution in [3.05, 3.63) is 53.9 Å². The normalized spacial score (nSPS) is 10.2. The number of pyridine rings is 1. The van der Waals surface area contributed by atoms with Crippen LogP contribution in [-0.4, -0.2) is 18.0 Å². The Labute approximate surface area is 143 Å². The minimum Gasteiger partial charge on any atom is -0.493 e. The Hall–Kier alpha value is -2.56. The monoisotopic (exact) mass is 328 g/mol. The summed E-state index contributed by atoms with van der Waals surface area (Å²) in [6.07, 6.45) is 6.00. The zero-order chi connectivity index (χ0) is 17.2. The molecule has 2 aromatic rings. The summed E-state index contributed by atoms with van der Waals surface area (Å²) in [5, 5.41) is 2.92. The van der Waals surface area contributed by atoms with Crippen LogP contribution in [0.4, 0.5) is 0 Å². The van der Waals surface area contributed by atoms with Crippen LogP contribution in [0.15, 0.2) is 42.7 Å². The number of rotatable bonds is 9. The Morgan fingerprint density at radius 1 is 1.21 bits per heavy atom. The van der Waals surface area contributed by atoms with Crippen LogP contribution in [0.1, 0.15) is 37.3 Å².